The van der Waals surface area contributed by atoms with Crippen LogP contribution in [0, 0.1) is 13.8 Å². The first-order valence-corrected chi connectivity index (χ1v) is 25.1. The van der Waals surface area contributed by atoms with E-state index < -0.39 is 0 Å². The van der Waals surface area contributed by atoms with Gasteiger partial charge in [-0.05, 0) is 175 Å². The second-order valence-corrected chi connectivity index (χ2v) is 22.9. The summed E-state index contributed by atoms with van der Waals surface area (Å²) >= 11 is 0. The van der Waals surface area contributed by atoms with Crippen molar-refractivity contribution in [1.29, 1.82) is 0 Å². The van der Waals surface area contributed by atoms with Gasteiger partial charge in [0, 0.05) is 51.1 Å². The van der Waals surface area contributed by atoms with Crippen LogP contribution in [0.3, 0.4) is 0 Å². The number of benzene rings is 9. The lowest BCUT2D eigenvalue weighted by Crippen LogP contribution is -2.61. The minimum atomic E-state index is -0.150. The Bertz CT molecular complexity index is 3380. The highest BCUT2D eigenvalue weighted by Gasteiger charge is 2.46. The highest BCUT2D eigenvalue weighted by molar-refractivity contribution is 6.93. The topological polar surface area (TPSA) is 9.72 Å². The molecule has 70 heavy (non-hydrogen) atoms. The number of rotatable bonds is 6. The Morgan fingerprint density at radius 2 is 0.971 bits per heavy atom. The molecule has 2 aliphatic heterocycles. The average molecular weight is 910 g/mol. The van der Waals surface area contributed by atoms with Crippen LogP contribution in [0.2, 0.25) is 0 Å². The molecule has 2 aliphatic rings. The summed E-state index contributed by atoms with van der Waals surface area (Å²) in [6.07, 6.45) is 0. The maximum atomic E-state index is 2.65. The number of fused-ring (bicyclic) bond motifs is 6. The predicted molar refractivity (Wildman–Crippen MR) is 303 cm³/mol. The van der Waals surface area contributed by atoms with E-state index >= 15 is 0 Å². The lowest BCUT2D eigenvalue weighted by Gasteiger charge is -2.46. The molecule has 0 aliphatic carbocycles. The standard InChI is InChI=1S/C66H64BN3/c1-43-39-56-62-55-20-16-15-19-46(55)21-37-60(62)70(53-33-27-50(28-34-53)66(9,10)11)67-57-42-54(68(51-29-23-48(24-30-51)64(3,4)5)52-31-25-49(26-32-52)65(6,7)8)35-38-59(57)69(61(40-43)63(56)67)58-36-22-47(41-44(58)2)45-17-13-12-14-18-45/h12-42H,1-11H3. The van der Waals surface area contributed by atoms with Crippen LogP contribution in [0.4, 0.5) is 45.5 Å². The van der Waals surface area contributed by atoms with E-state index in [9.17, 15) is 0 Å². The molecule has 9 aromatic rings. The molecule has 0 N–H and O–H groups in total. The van der Waals surface area contributed by atoms with E-state index in [2.05, 4.69) is 279 Å². The Labute approximate surface area is 417 Å². The van der Waals surface area contributed by atoms with Crippen LogP contribution in [-0.4, -0.2) is 6.85 Å². The zero-order chi connectivity index (χ0) is 48.9. The van der Waals surface area contributed by atoms with Crippen molar-refractivity contribution in [1.82, 2.24) is 0 Å². The van der Waals surface area contributed by atoms with E-state index in [1.165, 1.54) is 100 Å². The fraction of sp³-hybridized carbons (Fsp3) is 0.212. The van der Waals surface area contributed by atoms with Crippen LogP contribution in [0.5, 0.6) is 0 Å². The molecule has 2 heterocycles. The molecular formula is C66H64BN3. The second kappa shape index (κ2) is 16.7. The van der Waals surface area contributed by atoms with Crippen LogP contribution < -0.4 is 25.5 Å². The molecule has 0 unspecified atom stereocenters. The van der Waals surface area contributed by atoms with Gasteiger partial charge in [0.2, 0.25) is 0 Å². The summed E-state index contributed by atoms with van der Waals surface area (Å²) in [6, 6.07) is 71.4. The third kappa shape index (κ3) is 7.79. The van der Waals surface area contributed by atoms with Gasteiger partial charge in [-0.25, -0.2) is 0 Å². The van der Waals surface area contributed by atoms with Crippen LogP contribution in [0.25, 0.3) is 33.0 Å². The zero-order valence-corrected chi connectivity index (χ0v) is 42.8. The molecule has 0 saturated carbocycles. The van der Waals surface area contributed by atoms with Crippen molar-refractivity contribution in [2.75, 3.05) is 14.6 Å². The van der Waals surface area contributed by atoms with Gasteiger partial charge in [0.15, 0.2) is 0 Å². The maximum Gasteiger partial charge on any atom is 0.333 e. The molecule has 4 heteroatoms. The normalized spacial score (nSPS) is 13.3. The molecule has 0 atom stereocenters. The van der Waals surface area contributed by atoms with Crippen molar-refractivity contribution in [2.24, 2.45) is 0 Å². The molecule has 0 fully saturated rings. The minimum absolute atomic E-state index is 0.0201. The summed E-state index contributed by atoms with van der Waals surface area (Å²) in [7, 11) is 0. The van der Waals surface area contributed by atoms with Gasteiger partial charge in [-0.1, -0.05) is 172 Å². The van der Waals surface area contributed by atoms with Gasteiger partial charge in [-0.2, -0.15) is 0 Å². The van der Waals surface area contributed by atoms with E-state index in [4.69, 9.17) is 0 Å². The molecule has 3 nitrogen and oxygen atoms in total. The lowest BCUT2D eigenvalue weighted by atomic mass is 9.43. The number of hydrogen-bond acceptors (Lipinski definition) is 3. The van der Waals surface area contributed by atoms with E-state index in [0.717, 1.165) is 17.1 Å². The van der Waals surface area contributed by atoms with E-state index in [1.807, 2.05) is 0 Å². The Balaban J connectivity index is 1.21. The van der Waals surface area contributed by atoms with Gasteiger partial charge in [0.1, 0.15) is 0 Å². The fourth-order valence-corrected chi connectivity index (χ4v) is 11.1. The van der Waals surface area contributed by atoms with Crippen LogP contribution >= 0.6 is 0 Å². The third-order valence-corrected chi connectivity index (χ3v) is 14.9. The monoisotopic (exact) mass is 910 g/mol. The Kier molecular flexibility index (Phi) is 10.8. The second-order valence-electron chi connectivity index (χ2n) is 22.9. The number of nitrogens with zero attached hydrogens (tertiary/aromatic N) is 3. The smallest absolute Gasteiger partial charge is 0.333 e. The summed E-state index contributed by atoms with van der Waals surface area (Å²) in [6.45, 7) is 25.0. The largest absolute Gasteiger partial charge is 0.376 e. The van der Waals surface area contributed by atoms with Gasteiger partial charge in [0.25, 0.3) is 0 Å². The van der Waals surface area contributed by atoms with Crippen molar-refractivity contribution >= 4 is 74.0 Å². The first kappa shape index (κ1) is 45.2. The number of anilines is 8. The van der Waals surface area contributed by atoms with E-state index in [0.29, 0.717) is 0 Å². The summed E-state index contributed by atoms with van der Waals surface area (Å²) in [5, 5.41) is 2.51. The van der Waals surface area contributed by atoms with Crippen molar-refractivity contribution in [3.8, 4) is 22.3 Å². The maximum absolute atomic E-state index is 2.65. The summed E-state index contributed by atoms with van der Waals surface area (Å²) < 4.78 is 0. The molecule has 0 radical (unpaired) electrons. The first-order chi connectivity index (χ1) is 33.4. The summed E-state index contributed by atoms with van der Waals surface area (Å²) in [4.78, 5) is 7.69. The SMILES string of the molecule is Cc1cc2c3c(c1)N(c1ccc(-c4ccccc4)cc1C)c1ccc(N(c4ccc(C(C)(C)C)cc4)c4ccc(C(C)(C)C)cc4)cc1B3N(c1ccc(C(C)(C)C)cc1)c1ccc3ccccc3c1-2. The summed E-state index contributed by atoms with van der Waals surface area (Å²) in [5.41, 5.74) is 23.4. The van der Waals surface area contributed by atoms with Crippen molar-refractivity contribution in [2.45, 2.75) is 92.4 Å². The Hall–Kier alpha value is -7.30. The first-order valence-electron chi connectivity index (χ1n) is 25.1. The van der Waals surface area contributed by atoms with Crippen LogP contribution in [0.1, 0.15) is 90.1 Å². The molecule has 0 saturated heterocycles. The van der Waals surface area contributed by atoms with Crippen molar-refractivity contribution in [3.63, 3.8) is 0 Å². The van der Waals surface area contributed by atoms with Gasteiger partial charge in [-0.15, -0.1) is 0 Å². The Morgan fingerprint density at radius 1 is 0.429 bits per heavy atom. The minimum Gasteiger partial charge on any atom is -0.376 e. The highest BCUT2D eigenvalue weighted by atomic mass is 15.2. The average Bonchev–Trinajstić information content (AvgIpc) is 3.34. The van der Waals surface area contributed by atoms with Crippen LogP contribution in [-0.2, 0) is 16.2 Å². The van der Waals surface area contributed by atoms with Gasteiger partial charge < -0.3 is 14.6 Å². The highest BCUT2D eigenvalue weighted by Crippen LogP contribution is 2.51. The molecule has 9 aromatic carbocycles. The van der Waals surface area contributed by atoms with E-state index in [1.54, 1.807) is 0 Å². The van der Waals surface area contributed by atoms with Gasteiger partial charge in [-0.3, -0.25) is 0 Å². The fourth-order valence-electron chi connectivity index (χ4n) is 11.1. The molecule has 0 aromatic heterocycles. The summed E-state index contributed by atoms with van der Waals surface area (Å²) in [5.74, 6) is 0. The third-order valence-electron chi connectivity index (χ3n) is 14.9. The molecule has 0 amide bonds. The van der Waals surface area contributed by atoms with Gasteiger partial charge >= 0.3 is 6.85 Å². The van der Waals surface area contributed by atoms with Crippen molar-refractivity contribution < 1.29 is 0 Å². The van der Waals surface area contributed by atoms with E-state index in [-0.39, 0.29) is 23.1 Å². The van der Waals surface area contributed by atoms with Gasteiger partial charge in [0.05, 0.1) is 0 Å². The predicted octanol–water partition coefficient (Wildman–Crippen LogP) is 17.2. The quantitative estimate of drug-likeness (QED) is 0.154. The molecule has 0 bridgehead atoms. The molecule has 0 spiro atoms. The van der Waals surface area contributed by atoms with Crippen LogP contribution in [0.15, 0.2) is 188 Å². The van der Waals surface area contributed by atoms with Crippen molar-refractivity contribution in [3.05, 3.63) is 216 Å². The molecule has 346 valence electrons. The molecular weight excluding hydrogens is 846 g/mol. The molecule has 11 rings (SSSR count). The zero-order valence-electron chi connectivity index (χ0n) is 42.8. The number of hydrogen-bond donors (Lipinski definition) is 0. The number of aryl methyl sites for hydroxylation is 2. The Morgan fingerprint density at radius 3 is 1.57 bits per heavy atom. The lowest BCUT2D eigenvalue weighted by molar-refractivity contribution is 0.590.